The maximum absolute atomic E-state index is 12.7. The molecule has 8 heteroatoms. The summed E-state index contributed by atoms with van der Waals surface area (Å²) in [5.41, 5.74) is 0.342. The Morgan fingerprint density at radius 3 is 2.32 bits per heavy atom. The van der Waals surface area contributed by atoms with Gasteiger partial charge in [0.05, 0.1) is 36.1 Å². The Balaban J connectivity index is 2.00. The van der Waals surface area contributed by atoms with Crippen molar-refractivity contribution in [3.8, 4) is 17.2 Å². The first kappa shape index (κ1) is 19.3. The highest BCUT2D eigenvalue weighted by Gasteiger charge is 2.17. The topological polar surface area (TPSA) is 105 Å². The molecule has 0 aromatic heterocycles. The average Bonchev–Trinajstić information content (AvgIpc) is 2.67. The molecule has 0 aliphatic carbocycles. The van der Waals surface area contributed by atoms with Crippen LogP contribution in [0.15, 0.2) is 42.5 Å². The van der Waals surface area contributed by atoms with Crippen molar-refractivity contribution in [3.05, 3.63) is 58.6 Å². The van der Waals surface area contributed by atoms with Crippen LogP contribution >= 0.6 is 11.6 Å². The summed E-state index contributed by atoms with van der Waals surface area (Å²) in [5.74, 6) is -1.24. The predicted molar refractivity (Wildman–Crippen MR) is 105 cm³/mol. The minimum atomic E-state index is -1.08. The fourth-order valence-corrected chi connectivity index (χ4v) is 2.99. The summed E-state index contributed by atoms with van der Waals surface area (Å²) in [7, 11) is 2.89. The van der Waals surface area contributed by atoms with Crippen molar-refractivity contribution in [2.45, 2.75) is 0 Å². The van der Waals surface area contributed by atoms with Crippen molar-refractivity contribution in [3.63, 3.8) is 0 Å². The molecule has 3 aromatic rings. The number of carboxylic acid groups (broad SMARTS) is 1. The highest BCUT2D eigenvalue weighted by Crippen LogP contribution is 2.36. The molecule has 0 fully saturated rings. The number of nitrogens with one attached hydrogen (secondary N) is 1. The molecule has 0 spiro atoms. The van der Waals surface area contributed by atoms with Crippen molar-refractivity contribution in [1.82, 2.24) is 0 Å². The van der Waals surface area contributed by atoms with Crippen LogP contribution < -0.4 is 14.8 Å². The number of rotatable bonds is 5. The highest BCUT2D eigenvalue weighted by atomic mass is 35.5. The van der Waals surface area contributed by atoms with E-state index in [0.29, 0.717) is 22.3 Å². The minimum absolute atomic E-state index is 0.0240. The summed E-state index contributed by atoms with van der Waals surface area (Å²) in [4.78, 5) is 23.9. The number of fused-ring (bicyclic) bond motifs is 1. The van der Waals surface area contributed by atoms with Gasteiger partial charge in [0.25, 0.3) is 5.91 Å². The predicted octanol–water partition coefficient (Wildman–Crippen LogP) is 4.17. The van der Waals surface area contributed by atoms with E-state index >= 15 is 0 Å². The van der Waals surface area contributed by atoms with Gasteiger partial charge in [-0.25, -0.2) is 4.79 Å². The third-order valence-electron chi connectivity index (χ3n) is 4.17. The Kier molecular flexibility index (Phi) is 5.28. The number of hydrogen-bond acceptors (Lipinski definition) is 5. The minimum Gasteiger partial charge on any atom is -0.507 e. The number of carboxylic acids is 1. The maximum Gasteiger partial charge on any atom is 0.335 e. The van der Waals surface area contributed by atoms with Crippen LogP contribution in [0.5, 0.6) is 17.2 Å². The van der Waals surface area contributed by atoms with Gasteiger partial charge in [0.2, 0.25) is 0 Å². The molecule has 1 amide bonds. The van der Waals surface area contributed by atoms with E-state index < -0.39 is 11.9 Å². The summed E-state index contributed by atoms with van der Waals surface area (Å²) >= 11 is 6.11. The van der Waals surface area contributed by atoms with Gasteiger partial charge in [-0.05, 0) is 41.1 Å². The van der Waals surface area contributed by atoms with Crippen LogP contribution in [0.4, 0.5) is 5.69 Å². The van der Waals surface area contributed by atoms with Gasteiger partial charge in [-0.1, -0.05) is 17.7 Å². The molecule has 0 radical (unpaired) electrons. The lowest BCUT2D eigenvalue weighted by atomic mass is 10.0. The lowest BCUT2D eigenvalue weighted by Crippen LogP contribution is -2.13. The molecule has 0 saturated heterocycles. The second kappa shape index (κ2) is 7.66. The van der Waals surface area contributed by atoms with Crippen LogP contribution in [0.1, 0.15) is 20.7 Å². The van der Waals surface area contributed by atoms with Crippen molar-refractivity contribution in [2.75, 3.05) is 19.5 Å². The van der Waals surface area contributed by atoms with E-state index in [1.807, 2.05) is 0 Å². The van der Waals surface area contributed by atoms with Crippen LogP contribution in [-0.2, 0) is 0 Å². The zero-order valence-corrected chi connectivity index (χ0v) is 15.7. The number of carbonyl (C=O) groups is 2. The van der Waals surface area contributed by atoms with Crippen LogP contribution in [0.3, 0.4) is 0 Å². The first-order chi connectivity index (χ1) is 13.3. The number of aromatic carboxylic acids is 1. The summed E-state index contributed by atoms with van der Waals surface area (Å²) in [6.45, 7) is 0. The largest absolute Gasteiger partial charge is 0.507 e. The molecule has 3 rings (SSSR count). The van der Waals surface area contributed by atoms with Crippen LogP contribution in [0.2, 0.25) is 5.02 Å². The van der Waals surface area contributed by atoms with Gasteiger partial charge in [0.1, 0.15) is 17.2 Å². The molecule has 28 heavy (non-hydrogen) atoms. The average molecular weight is 402 g/mol. The molecule has 0 unspecified atom stereocenters. The van der Waals surface area contributed by atoms with Gasteiger partial charge in [0.15, 0.2) is 0 Å². The quantitative estimate of drug-likeness (QED) is 0.592. The standard InChI is InChI=1S/C20H16ClNO6/c1-27-17-9-18(28-2)15(8-14(17)21)22-19(24)13-6-12-5-11(20(25)26)4-3-10(12)7-16(13)23/h3-9,23H,1-2H3,(H,22,24)(H,25,26). The van der Waals surface area contributed by atoms with E-state index in [1.165, 1.54) is 50.6 Å². The van der Waals surface area contributed by atoms with Gasteiger partial charge in [-0.15, -0.1) is 0 Å². The summed E-state index contributed by atoms with van der Waals surface area (Å²) in [5, 5.41) is 23.4. The molecule has 0 heterocycles. The van der Waals surface area contributed by atoms with Crippen LogP contribution in [0, 0.1) is 0 Å². The summed E-state index contributed by atoms with van der Waals surface area (Å²) in [6.07, 6.45) is 0. The van der Waals surface area contributed by atoms with E-state index in [9.17, 15) is 14.7 Å². The van der Waals surface area contributed by atoms with Crippen molar-refractivity contribution in [2.24, 2.45) is 0 Å². The number of amides is 1. The molecule has 0 aliphatic heterocycles. The zero-order valence-electron chi connectivity index (χ0n) is 14.9. The van der Waals surface area contributed by atoms with E-state index in [2.05, 4.69) is 5.32 Å². The molecule has 0 bridgehead atoms. The lowest BCUT2D eigenvalue weighted by molar-refractivity contribution is 0.0697. The Labute approximate surface area is 165 Å². The van der Waals surface area contributed by atoms with E-state index in [4.69, 9.17) is 26.2 Å². The van der Waals surface area contributed by atoms with Gasteiger partial charge in [-0.2, -0.15) is 0 Å². The molecule has 0 atom stereocenters. The second-order valence-electron chi connectivity index (χ2n) is 5.88. The Morgan fingerprint density at radius 2 is 1.68 bits per heavy atom. The number of methoxy groups -OCH3 is 2. The normalized spacial score (nSPS) is 10.5. The number of ether oxygens (including phenoxy) is 2. The molecule has 144 valence electrons. The lowest BCUT2D eigenvalue weighted by Gasteiger charge is -2.14. The highest BCUT2D eigenvalue weighted by molar-refractivity contribution is 6.32. The molecule has 3 aromatic carbocycles. The Hall–Kier alpha value is -3.45. The van der Waals surface area contributed by atoms with Crippen molar-refractivity contribution in [1.29, 1.82) is 0 Å². The van der Waals surface area contributed by atoms with Crippen molar-refractivity contribution >= 4 is 39.9 Å². The number of aromatic hydroxyl groups is 1. The third kappa shape index (κ3) is 3.65. The maximum atomic E-state index is 12.7. The number of anilines is 1. The van der Waals surface area contributed by atoms with E-state index in [1.54, 1.807) is 6.07 Å². The Morgan fingerprint density at radius 1 is 0.964 bits per heavy atom. The first-order valence-electron chi connectivity index (χ1n) is 8.07. The third-order valence-corrected chi connectivity index (χ3v) is 4.46. The molecule has 0 saturated carbocycles. The van der Waals surface area contributed by atoms with Crippen LogP contribution in [0.25, 0.3) is 10.8 Å². The fourth-order valence-electron chi connectivity index (χ4n) is 2.75. The smallest absolute Gasteiger partial charge is 0.335 e. The van der Waals surface area contributed by atoms with Gasteiger partial charge >= 0.3 is 5.97 Å². The fraction of sp³-hybridized carbons (Fsp3) is 0.100. The Bertz CT molecular complexity index is 1100. The number of halogens is 1. The molecule has 7 nitrogen and oxygen atoms in total. The number of benzene rings is 3. The summed E-state index contributed by atoms with van der Waals surface area (Å²) < 4.78 is 10.4. The zero-order chi connectivity index (χ0) is 20.4. The molecule has 3 N–H and O–H groups in total. The van der Waals surface area contributed by atoms with Gasteiger partial charge in [-0.3, -0.25) is 4.79 Å². The molecular formula is C20H16ClNO6. The number of phenolic OH excluding ortho intramolecular Hbond substituents is 1. The van der Waals surface area contributed by atoms with Gasteiger partial charge in [0, 0.05) is 6.07 Å². The van der Waals surface area contributed by atoms with Crippen LogP contribution in [-0.4, -0.2) is 36.3 Å². The number of carbonyl (C=O) groups excluding carboxylic acids is 1. The SMILES string of the molecule is COc1cc(OC)c(NC(=O)c2cc3cc(C(=O)O)ccc3cc2O)cc1Cl. The number of hydrogen-bond donors (Lipinski definition) is 3. The molecular weight excluding hydrogens is 386 g/mol. The van der Waals surface area contributed by atoms with E-state index in [-0.39, 0.29) is 27.6 Å². The van der Waals surface area contributed by atoms with E-state index in [0.717, 1.165) is 0 Å². The van der Waals surface area contributed by atoms with Gasteiger partial charge < -0.3 is 25.0 Å². The number of phenols is 1. The first-order valence-corrected chi connectivity index (χ1v) is 8.44. The summed E-state index contributed by atoms with van der Waals surface area (Å²) in [6, 6.07) is 10.2. The van der Waals surface area contributed by atoms with Crippen molar-refractivity contribution < 1.29 is 29.3 Å². The monoisotopic (exact) mass is 401 g/mol. The second-order valence-corrected chi connectivity index (χ2v) is 6.28. The molecule has 0 aliphatic rings.